The molecule has 4 nitrogen and oxygen atoms in total. The number of hydrogen-bond acceptors (Lipinski definition) is 3. The number of likely N-dealkylation sites (N-methyl/N-ethyl adjacent to an activating group) is 1. The summed E-state index contributed by atoms with van der Waals surface area (Å²) in [5.74, 6) is 0.107. The molecule has 4 heteroatoms. The first-order valence-electron chi connectivity index (χ1n) is 4.95. The third kappa shape index (κ3) is 2.12. The highest BCUT2D eigenvalue weighted by Gasteiger charge is 2.34. The van der Waals surface area contributed by atoms with Crippen molar-refractivity contribution in [1.29, 1.82) is 0 Å². The summed E-state index contributed by atoms with van der Waals surface area (Å²) in [7, 11) is 1.77. The molecular formula is C10H18N2O2. The molecular weight excluding hydrogens is 180 g/mol. The highest BCUT2D eigenvalue weighted by atomic mass is 16.2. The van der Waals surface area contributed by atoms with Gasteiger partial charge >= 0.3 is 0 Å². The van der Waals surface area contributed by atoms with Gasteiger partial charge in [-0.2, -0.15) is 0 Å². The molecule has 1 saturated heterocycles. The molecule has 0 aromatic carbocycles. The van der Waals surface area contributed by atoms with Crippen molar-refractivity contribution in [3.63, 3.8) is 0 Å². The topological polar surface area (TPSA) is 49.4 Å². The van der Waals surface area contributed by atoms with E-state index in [9.17, 15) is 9.59 Å². The zero-order valence-electron chi connectivity index (χ0n) is 9.04. The molecule has 1 aliphatic heterocycles. The standard InChI is InChI=1S/C10H18N2O2/c1-10(2,11-3)9(14)12-5-4-8(6-12)7-13/h7-8,11H,4-6H2,1-3H3. The van der Waals surface area contributed by atoms with Crippen LogP contribution >= 0.6 is 0 Å². The lowest BCUT2D eigenvalue weighted by Crippen LogP contribution is -2.52. The number of carbonyl (C=O) groups excluding carboxylic acids is 2. The van der Waals surface area contributed by atoms with Crippen molar-refractivity contribution < 1.29 is 9.59 Å². The Morgan fingerprint density at radius 1 is 1.57 bits per heavy atom. The zero-order valence-corrected chi connectivity index (χ0v) is 9.04. The fourth-order valence-corrected chi connectivity index (χ4v) is 1.59. The maximum absolute atomic E-state index is 11.9. The fraction of sp³-hybridized carbons (Fsp3) is 0.800. The van der Waals surface area contributed by atoms with Gasteiger partial charge in [-0.3, -0.25) is 4.79 Å². The van der Waals surface area contributed by atoms with Crippen molar-refractivity contribution in [2.75, 3.05) is 20.1 Å². The molecule has 0 aromatic rings. The number of likely N-dealkylation sites (tertiary alicyclic amines) is 1. The highest BCUT2D eigenvalue weighted by Crippen LogP contribution is 2.17. The molecule has 1 rings (SSSR count). The van der Waals surface area contributed by atoms with Gasteiger partial charge in [-0.1, -0.05) is 0 Å². The van der Waals surface area contributed by atoms with Gasteiger partial charge in [0.05, 0.1) is 5.54 Å². The van der Waals surface area contributed by atoms with Crippen molar-refractivity contribution >= 4 is 12.2 Å². The Morgan fingerprint density at radius 3 is 2.64 bits per heavy atom. The first-order valence-corrected chi connectivity index (χ1v) is 4.95. The molecule has 1 aliphatic rings. The third-order valence-electron chi connectivity index (χ3n) is 2.86. The van der Waals surface area contributed by atoms with E-state index in [1.165, 1.54) is 0 Å². The van der Waals surface area contributed by atoms with Crippen LogP contribution in [0.25, 0.3) is 0 Å². The minimum absolute atomic E-state index is 0.0339. The van der Waals surface area contributed by atoms with E-state index < -0.39 is 5.54 Å². The molecule has 0 aromatic heterocycles. The minimum atomic E-state index is -0.530. The molecule has 0 bridgehead atoms. The van der Waals surface area contributed by atoms with Gasteiger partial charge in [0.2, 0.25) is 5.91 Å². The maximum Gasteiger partial charge on any atom is 0.242 e. The van der Waals surface area contributed by atoms with E-state index in [1.54, 1.807) is 11.9 Å². The van der Waals surface area contributed by atoms with E-state index in [2.05, 4.69) is 5.32 Å². The highest BCUT2D eigenvalue weighted by molar-refractivity contribution is 5.86. The quantitative estimate of drug-likeness (QED) is 0.651. The van der Waals surface area contributed by atoms with E-state index >= 15 is 0 Å². The number of amides is 1. The average Bonchev–Trinajstić information content (AvgIpc) is 2.64. The monoisotopic (exact) mass is 198 g/mol. The number of nitrogens with one attached hydrogen (secondary N) is 1. The van der Waals surface area contributed by atoms with Gasteiger partial charge in [-0.25, -0.2) is 0 Å². The normalized spacial score (nSPS) is 22.5. The summed E-state index contributed by atoms with van der Waals surface area (Å²) in [6.07, 6.45) is 1.74. The Balaban J connectivity index is 2.59. The lowest BCUT2D eigenvalue weighted by Gasteiger charge is -2.28. The van der Waals surface area contributed by atoms with Crippen molar-refractivity contribution in [2.45, 2.75) is 25.8 Å². The van der Waals surface area contributed by atoms with Gasteiger partial charge in [0.25, 0.3) is 0 Å². The van der Waals surface area contributed by atoms with Crippen LogP contribution in [0.1, 0.15) is 20.3 Å². The van der Waals surface area contributed by atoms with Crippen LogP contribution in [-0.4, -0.2) is 42.8 Å². The summed E-state index contributed by atoms with van der Waals surface area (Å²) in [5.41, 5.74) is -0.530. The van der Waals surface area contributed by atoms with Crippen LogP contribution in [0.5, 0.6) is 0 Å². The summed E-state index contributed by atoms with van der Waals surface area (Å²) >= 11 is 0. The number of hydrogen-bond donors (Lipinski definition) is 1. The van der Waals surface area contributed by atoms with Gasteiger partial charge in [0.1, 0.15) is 6.29 Å². The number of aldehydes is 1. The predicted molar refractivity (Wildman–Crippen MR) is 53.9 cm³/mol. The Morgan fingerprint density at radius 2 is 2.21 bits per heavy atom. The van der Waals surface area contributed by atoms with Crippen LogP contribution < -0.4 is 5.32 Å². The second-order valence-electron chi connectivity index (χ2n) is 4.31. The molecule has 1 fully saturated rings. The molecule has 1 atom stereocenters. The number of rotatable bonds is 3. The summed E-state index contributed by atoms with van der Waals surface area (Å²) in [6.45, 7) is 4.98. The van der Waals surface area contributed by atoms with Crippen molar-refractivity contribution in [2.24, 2.45) is 5.92 Å². The van der Waals surface area contributed by atoms with Crippen molar-refractivity contribution in [3.05, 3.63) is 0 Å². The number of carbonyl (C=O) groups is 2. The Hall–Kier alpha value is -0.900. The molecule has 1 heterocycles. The lowest BCUT2D eigenvalue weighted by molar-refractivity contribution is -0.135. The third-order valence-corrected chi connectivity index (χ3v) is 2.86. The van der Waals surface area contributed by atoms with Crippen LogP contribution in [0.15, 0.2) is 0 Å². The van der Waals surface area contributed by atoms with Crippen molar-refractivity contribution in [1.82, 2.24) is 10.2 Å². The minimum Gasteiger partial charge on any atom is -0.340 e. The smallest absolute Gasteiger partial charge is 0.242 e. The Bertz CT molecular complexity index is 238. The molecule has 1 amide bonds. The lowest BCUT2D eigenvalue weighted by atomic mass is 10.0. The molecule has 0 spiro atoms. The predicted octanol–water partition coefficient (Wildman–Crippen LogP) is 0.0318. The van der Waals surface area contributed by atoms with E-state index in [4.69, 9.17) is 0 Å². The summed E-state index contributed by atoms with van der Waals surface area (Å²) in [5, 5.41) is 2.97. The van der Waals surface area contributed by atoms with Crippen LogP contribution in [0, 0.1) is 5.92 Å². The van der Waals surface area contributed by atoms with Gasteiger partial charge in [-0.15, -0.1) is 0 Å². The molecule has 0 aliphatic carbocycles. The van der Waals surface area contributed by atoms with E-state index in [0.717, 1.165) is 12.7 Å². The molecule has 14 heavy (non-hydrogen) atoms. The van der Waals surface area contributed by atoms with Crippen LogP contribution in [0.3, 0.4) is 0 Å². The van der Waals surface area contributed by atoms with E-state index in [1.807, 2.05) is 13.8 Å². The van der Waals surface area contributed by atoms with Crippen LogP contribution in [-0.2, 0) is 9.59 Å². The number of nitrogens with zero attached hydrogens (tertiary/aromatic N) is 1. The second-order valence-corrected chi connectivity index (χ2v) is 4.31. The Labute approximate surface area is 84.7 Å². The SMILES string of the molecule is CNC(C)(C)C(=O)N1CCC(C=O)C1. The van der Waals surface area contributed by atoms with Crippen LogP contribution in [0.2, 0.25) is 0 Å². The van der Waals surface area contributed by atoms with Crippen LogP contribution in [0.4, 0.5) is 0 Å². The van der Waals surface area contributed by atoms with Gasteiger partial charge < -0.3 is 15.0 Å². The molecule has 0 radical (unpaired) electrons. The van der Waals surface area contributed by atoms with Gasteiger partial charge in [0.15, 0.2) is 0 Å². The molecule has 0 saturated carbocycles. The van der Waals surface area contributed by atoms with E-state index in [0.29, 0.717) is 13.1 Å². The summed E-state index contributed by atoms with van der Waals surface area (Å²) in [4.78, 5) is 24.2. The first kappa shape index (κ1) is 11.2. The molecule has 1 unspecified atom stereocenters. The zero-order chi connectivity index (χ0) is 10.8. The van der Waals surface area contributed by atoms with Gasteiger partial charge in [-0.05, 0) is 27.3 Å². The molecule has 1 N–H and O–H groups in total. The summed E-state index contributed by atoms with van der Waals surface area (Å²) < 4.78 is 0. The largest absolute Gasteiger partial charge is 0.340 e. The maximum atomic E-state index is 11.9. The summed E-state index contributed by atoms with van der Waals surface area (Å²) in [6, 6.07) is 0. The average molecular weight is 198 g/mol. The van der Waals surface area contributed by atoms with Gasteiger partial charge in [0, 0.05) is 19.0 Å². The second kappa shape index (κ2) is 4.09. The van der Waals surface area contributed by atoms with E-state index in [-0.39, 0.29) is 11.8 Å². The van der Waals surface area contributed by atoms with Crippen molar-refractivity contribution in [3.8, 4) is 0 Å². The molecule has 80 valence electrons. The fourth-order valence-electron chi connectivity index (χ4n) is 1.59. The Kier molecular flexibility index (Phi) is 3.26. The first-order chi connectivity index (χ1) is 6.51.